The summed E-state index contributed by atoms with van der Waals surface area (Å²) in [5.41, 5.74) is 1.34. The van der Waals surface area contributed by atoms with Crippen LogP contribution in [0.4, 0.5) is 9.59 Å². The molecule has 0 heterocycles. The van der Waals surface area contributed by atoms with Gasteiger partial charge in [0.1, 0.15) is 45.4 Å². The summed E-state index contributed by atoms with van der Waals surface area (Å²) in [6.07, 6.45) is 13.5. The fourth-order valence-electron chi connectivity index (χ4n) is 4.29. The highest BCUT2D eigenvalue weighted by Gasteiger charge is 2.09. The fraction of sp³-hybridized carbons (Fsp3) is 0.364. The van der Waals surface area contributed by atoms with Crippen molar-refractivity contribution in [2.75, 3.05) is 72.5 Å². The van der Waals surface area contributed by atoms with Crippen LogP contribution in [0.3, 0.4) is 0 Å². The summed E-state index contributed by atoms with van der Waals surface area (Å²) in [5, 5.41) is 7.42. The lowest BCUT2D eigenvalue weighted by Crippen LogP contribution is -2.26. The van der Waals surface area contributed by atoms with Crippen LogP contribution in [0.25, 0.3) is 0 Å². The number of rotatable bonds is 41. The Hall–Kier alpha value is -11.3. The summed E-state index contributed by atoms with van der Waals surface area (Å²) in [4.78, 5) is 150. The standard InChI is InChI=1S/C11H16O3.2C10H14O4.2C9H13NO3.C9H12O5.C8H11NO4/c1-4-6-10(12)7-5-8-14-11(13)9(2)3;1-4-13-9(11)6-5-7-14-10(12)8(2)3;1-4-5-9(11)13-6-7-14-10(12)8(2)3;1-3-8(11)10-7-5-6-9(12)13-4-2;1-3-5-9(12)13-7-6-10-8(11)4-2;1-4-12-9(11)14-6-5-13-8(10)7(2)3;1-3-7(10)9-5-6-13-8(11)12-4-2/h4H,1-2,5-8H2,3H3;2*4H,1-2,5-7H2,3H3;2*3-4H,1-2,5-7H2,(H,10,11);4H,1-2,5-6H2,3H3;3-4H,1-2,5-6H2,(H,9,10). The Labute approximate surface area is 555 Å². The fourth-order valence-corrected chi connectivity index (χ4v) is 4.29. The van der Waals surface area contributed by atoms with Gasteiger partial charge in [-0.25, -0.2) is 28.8 Å². The van der Waals surface area contributed by atoms with E-state index >= 15 is 0 Å². The van der Waals surface area contributed by atoms with Crippen molar-refractivity contribution in [1.82, 2.24) is 16.0 Å². The molecular weight excluding hydrogens is 1250 g/mol. The first-order valence-electron chi connectivity index (χ1n) is 28.1. The van der Waals surface area contributed by atoms with Crippen LogP contribution in [0.2, 0.25) is 0 Å². The number of amides is 3. The van der Waals surface area contributed by atoms with E-state index in [0.29, 0.717) is 67.5 Å². The molecule has 3 amide bonds. The second-order valence-electron chi connectivity index (χ2n) is 17.0. The molecule has 0 bridgehead atoms. The second-order valence-corrected chi connectivity index (χ2v) is 17.0. The third-order valence-electron chi connectivity index (χ3n) is 8.58. The monoisotopic (exact) mass is 1340 g/mol. The van der Waals surface area contributed by atoms with Crippen LogP contribution in [-0.4, -0.2) is 156 Å². The number of ketones is 1. The van der Waals surface area contributed by atoms with Gasteiger partial charge in [0.25, 0.3) is 0 Å². The second kappa shape index (κ2) is 71.8. The number of allylic oxidation sites excluding steroid dienone is 1. The highest BCUT2D eigenvalue weighted by atomic mass is 16.7. The van der Waals surface area contributed by atoms with Crippen LogP contribution in [0.5, 0.6) is 0 Å². The molecule has 0 aromatic rings. The normalized spacial score (nSPS) is 8.76. The molecule has 528 valence electrons. The zero-order valence-electron chi connectivity index (χ0n) is 54.9. The molecule has 0 atom stereocenters. The van der Waals surface area contributed by atoms with E-state index in [2.05, 4.69) is 141 Å². The molecule has 0 aliphatic rings. The predicted molar refractivity (Wildman–Crippen MR) is 350 cm³/mol. The van der Waals surface area contributed by atoms with Crippen LogP contribution in [0.15, 0.2) is 176 Å². The topological polar surface area (TPSA) is 386 Å². The van der Waals surface area contributed by atoms with Crippen molar-refractivity contribution in [1.29, 1.82) is 0 Å². The summed E-state index contributed by atoms with van der Waals surface area (Å²) >= 11 is 0. The first-order valence-corrected chi connectivity index (χ1v) is 28.1. The Kier molecular flexibility index (Phi) is 73.6. The molecule has 0 rings (SSSR count). The quantitative estimate of drug-likeness (QED) is 0.0130. The number of hydrogen-bond acceptors (Lipinski definition) is 26. The third-order valence-corrected chi connectivity index (χ3v) is 8.58. The molecule has 0 fully saturated rings. The number of esters is 8. The van der Waals surface area contributed by atoms with Gasteiger partial charge < -0.3 is 72.8 Å². The average molecular weight is 1340 g/mol. The summed E-state index contributed by atoms with van der Waals surface area (Å²) in [6.45, 7) is 54.4. The predicted octanol–water partition coefficient (Wildman–Crippen LogP) is 7.98. The first-order chi connectivity index (χ1) is 44.9. The van der Waals surface area contributed by atoms with E-state index in [-0.39, 0.29) is 132 Å². The van der Waals surface area contributed by atoms with Crippen LogP contribution in [0, 0.1) is 0 Å². The lowest BCUT2D eigenvalue weighted by Gasteiger charge is -2.04. The number of ether oxygens (including phenoxy) is 12. The maximum absolute atomic E-state index is 11.0. The van der Waals surface area contributed by atoms with Crippen molar-refractivity contribution in [3.05, 3.63) is 176 Å². The zero-order valence-corrected chi connectivity index (χ0v) is 54.9. The van der Waals surface area contributed by atoms with E-state index in [1.807, 2.05) is 0 Å². The van der Waals surface area contributed by atoms with Gasteiger partial charge in [-0.15, -0.1) is 19.7 Å². The van der Waals surface area contributed by atoms with Crippen molar-refractivity contribution in [2.45, 2.75) is 85.5 Å². The van der Waals surface area contributed by atoms with Gasteiger partial charge in [0.2, 0.25) is 17.7 Å². The summed E-state index contributed by atoms with van der Waals surface area (Å²) in [5.74, 6) is -4.02. The molecule has 3 N–H and O–H groups in total. The van der Waals surface area contributed by atoms with Crippen LogP contribution in [0.1, 0.15) is 85.5 Å². The smallest absolute Gasteiger partial charge is 0.464 e. The molecule has 0 aliphatic heterocycles. The van der Waals surface area contributed by atoms with Crippen molar-refractivity contribution >= 4 is 83.6 Å². The van der Waals surface area contributed by atoms with Gasteiger partial charge in [-0.3, -0.25) is 38.4 Å². The number of hydrogen-bond donors (Lipinski definition) is 3. The zero-order chi connectivity index (χ0) is 74.2. The van der Waals surface area contributed by atoms with Crippen molar-refractivity contribution in [3.8, 4) is 0 Å². The summed E-state index contributed by atoms with van der Waals surface area (Å²) in [7, 11) is 0. The molecule has 0 saturated heterocycles. The molecule has 0 radical (unpaired) electrons. The average Bonchev–Trinajstić information content (AvgIpc) is 3.70. The van der Waals surface area contributed by atoms with Gasteiger partial charge >= 0.3 is 60.1 Å². The van der Waals surface area contributed by atoms with Crippen molar-refractivity contribution < 1.29 is 124 Å². The Morgan fingerprint density at radius 2 is 0.589 bits per heavy atom. The van der Waals surface area contributed by atoms with Gasteiger partial charge in [0, 0.05) is 54.5 Å². The largest absolute Gasteiger partial charge is 0.513 e. The molecule has 0 unspecified atom stereocenters. The molecule has 95 heavy (non-hydrogen) atoms. The van der Waals surface area contributed by atoms with Crippen LogP contribution < -0.4 is 16.0 Å². The highest BCUT2D eigenvalue weighted by Crippen LogP contribution is 2.01. The Balaban J connectivity index is -0.000000190. The van der Waals surface area contributed by atoms with E-state index in [1.165, 1.54) is 25.2 Å². The maximum Gasteiger partial charge on any atom is 0.513 e. The van der Waals surface area contributed by atoms with Gasteiger partial charge in [-0.05, 0) is 65.2 Å². The van der Waals surface area contributed by atoms with Crippen LogP contribution >= 0.6 is 0 Å². The van der Waals surface area contributed by atoms with E-state index in [1.54, 1.807) is 26.8 Å². The lowest BCUT2D eigenvalue weighted by atomic mass is 10.2. The Morgan fingerprint density at radius 1 is 0.305 bits per heavy atom. The highest BCUT2D eigenvalue weighted by molar-refractivity contribution is 5.89. The SMILES string of the molecule is C=CCC(=O)CCCOC(=O)C(=C)C.C=CCC(=O)OCCNC(=O)C=C.C=CCC(=O)OCCOC(=O)C(=C)C.C=COC(=O)CCCNC(=O)C=C.C=COC(=O)CCCOC(=O)C(=C)C.C=COC(=O)OCCNC(=O)C=C.C=COC(=O)OCCOC(=O)C(=C)C. The van der Waals surface area contributed by atoms with E-state index < -0.39 is 36.2 Å². The number of carbonyl (C=O) groups excluding carboxylic acids is 14. The molecule has 0 aliphatic carbocycles. The lowest BCUT2D eigenvalue weighted by molar-refractivity contribution is -0.149. The Morgan fingerprint density at radius 3 is 0.926 bits per heavy atom. The van der Waals surface area contributed by atoms with E-state index in [9.17, 15) is 67.1 Å². The molecule has 0 aromatic heterocycles. The van der Waals surface area contributed by atoms with Crippen molar-refractivity contribution in [3.63, 3.8) is 0 Å². The van der Waals surface area contributed by atoms with E-state index in [4.69, 9.17) is 23.7 Å². The minimum Gasteiger partial charge on any atom is -0.464 e. The van der Waals surface area contributed by atoms with E-state index in [0.717, 1.165) is 37.2 Å². The van der Waals surface area contributed by atoms with Gasteiger partial charge in [-0.1, -0.05) is 90.6 Å². The number of nitrogens with one attached hydrogen (secondary N) is 3. The molecular formula is C66H93N3O26. The van der Waals surface area contributed by atoms with Crippen molar-refractivity contribution in [2.24, 2.45) is 0 Å². The molecule has 0 aromatic carbocycles. The molecule has 29 nitrogen and oxygen atoms in total. The van der Waals surface area contributed by atoms with Gasteiger partial charge in [0.05, 0.1) is 64.2 Å². The summed E-state index contributed by atoms with van der Waals surface area (Å²) < 4.78 is 54.7. The van der Waals surface area contributed by atoms with Gasteiger partial charge in [0.15, 0.2) is 0 Å². The minimum absolute atomic E-state index is 0.0298. The molecule has 29 heteroatoms. The van der Waals surface area contributed by atoms with Crippen LogP contribution in [-0.2, 0) is 114 Å². The maximum atomic E-state index is 11.0. The Bertz CT molecular complexity index is 2260. The van der Waals surface area contributed by atoms with Gasteiger partial charge in [-0.2, -0.15) is 0 Å². The third kappa shape index (κ3) is 82.7. The molecule has 0 spiro atoms. The summed E-state index contributed by atoms with van der Waals surface area (Å²) in [6, 6.07) is 0. The molecule has 0 saturated carbocycles. The number of Topliss-reactive ketones (excluding diaryl/α,β-unsaturated/α-hetero) is 1. The first kappa shape index (κ1) is 97.3. The number of carbonyl (C=O) groups is 14. The minimum atomic E-state index is -0.883.